The molecule has 1 saturated heterocycles. The van der Waals surface area contributed by atoms with E-state index < -0.39 is 47.7 Å². The van der Waals surface area contributed by atoms with Crippen LogP contribution in [0.5, 0.6) is 0 Å². The van der Waals surface area contributed by atoms with Gasteiger partial charge in [-0.15, -0.1) is 0 Å². The first kappa shape index (κ1) is 33.8. The Bertz CT molecular complexity index is 1310. The Kier molecular flexibility index (Phi) is 10.6. The SMILES string of the molecule is CC(C)(C)OC(=O)CC[C@@H](CO)NC(=O)CCNC(=O)C1=C[C@H]2OC(C3CC3)(C3CC3)O[C@H]2[C@H](OC(=O)c2ccccc2I)C1. The predicted octanol–water partition coefficient (Wildman–Crippen LogP) is 3.55. The zero-order valence-electron chi connectivity index (χ0n) is 26.0. The summed E-state index contributed by atoms with van der Waals surface area (Å²) in [6, 6.07) is 6.56. The molecule has 1 aromatic rings. The van der Waals surface area contributed by atoms with E-state index in [1.165, 1.54) is 0 Å². The Balaban J connectivity index is 1.18. The van der Waals surface area contributed by atoms with Crippen molar-refractivity contribution < 1.29 is 43.2 Å². The summed E-state index contributed by atoms with van der Waals surface area (Å²) in [7, 11) is 0. The number of hydrogen-bond acceptors (Lipinski definition) is 9. The van der Waals surface area contributed by atoms with E-state index in [0.717, 1.165) is 29.3 Å². The monoisotopic (exact) mass is 738 g/mol. The second-order valence-electron chi connectivity index (χ2n) is 13.3. The summed E-state index contributed by atoms with van der Waals surface area (Å²) >= 11 is 2.10. The number of carbonyl (C=O) groups is 4. The molecule has 12 heteroatoms. The lowest BCUT2D eigenvalue weighted by Gasteiger charge is -2.31. The topological polar surface area (TPSA) is 149 Å². The third-order valence-corrected chi connectivity index (χ3v) is 9.33. The van der Waals surface area contributed by atoms with Gasteiger partial charge in [0.15, 0.2) is 5.79 Å². The number of carbonyl (C=O) groups excluding carboxylic acids is 4. The molecule has 0 aromatic heterocycles. The maximum absolute atomic E-state index is 13.3. The zero-order valence-corrected chi connectivity index (χ0v) is 28.2. The first-order valence-electron chi connectivity index (χ1n) is 15.8. The highest BCUT2D eigenvalue weighted by Gasteiger charge is 2.64. The van der Waals surface area contributed by atoms with E-state index in [4.69, 9.17) is 18.9 Å². The molecular formula is C33H43IN2O9. The largest absolute Gasteiger partial charge is 0.460 e. The number of rotatable bonds is 13. The third kappa shape index (κ3) is 8.63. The van der Waals surface area contributed by atoms with Crippen molar-refractivity contribution in [1.29, 1.82) is 0 Å². The fourth-order valence-electron chi connectivity index (χ4n) is 5.99. The van der Waals surface area contributed by atoms with Gasteiger partial charge in [0.05, 0.1) is 18.2 Å². The number of hydrogen-bond donors (Lipinski definition) is 3. The maximum atomic E-state index is 13.3. The Hall–Kier alpha value is -2.55. The van der Waals surface area contributed by atoms with Crippen molar-refractivity contribution in [1.82, 2.24) is 10.6 Å². The van der Waals surface area contributed by atoms with Gasteiger partial charge in [0.1, 0.15) is 23.9 Å². The number of aliphatic hydroxyl groups excluding tert-OH is 1. The molecule has 11 nitrogen and oxygen atoms in total. The molecule has 0 bridgehead atoms. The number of ether oxygens (including phenoxy) is 4. The van der Waals surface area contributed by atoms with Crippen LogP contribution in [0.2, 0.25) is 0 Å². The normalized spacial score (nSPS) is 24.6. The quantitative estimate of drug-likeness (QED) is 0.204. The summed E-state index contributed by atoms with van der Waals surface area (Å²) in [5, 5.41) is 15.2. The Morgan fingerprint density at radius 2 is 1.76 bits per heavy atom. The molecule has 0 unspecified atom stereocenters. The fourth-order valence-corrected chi connectivity index (χ4v) is 6.60. The molecule has 1 aliphatic heterocycles. The summed E-state index contributed by atoms with van der Waals surface area (Å²) in [6.07, 6.45) is 4.53. The van der Waals surface area contributed by atoms with Crippen LogP contribution >= 0.6 is 22.6 Å². The predicted molar refractivity (Wildman–Crippen MR) is 171 cm³/mol. The molecule has 246 valence electrons. The molecule has 2 saturated carbocycles. The van der Waals surface area contributed by atoms with Gasteiger partial charge in [0.2, 0.25) is 11.8 Å². The third-order valence-electron chi connectivity index (χ3n) is 8.39. The van der Waals surface area contributed by atoms with Gasteiger partial charge in [-0.05, 0) is 93.7 Å². The molecule has 45 heavy (non-hydrogen) atoms. The summed E-state index contributed by atoms with van der Waals surface area (Å²) in [5.74, 6) is -1.72. The van der Waals surface area contributed by atoms with Crippen LogP contribution in [0.4, 0.5) is 0 Å². The summed E-state index contributed by atoms with van der Waals surface area (Å²) in [5.41, 5.74) is 0.246. The van der Waals surface area contributed by atoms with E-state index in [1.807, 2.05) is 12.1 Å². The number of benzene rings is 1. The Morgan fingerprint density at radius 1 is 1.07 bits per heavy atom. The van der Waals surface area contributed by atoms with Crippen LogP contribution in [0.15, 0.2) is 35.9 Å². The van der Waals surface area contributed by atoms with Crippen molar-refractivity contribution in [2.45, 2.75) is 108 Å². The highest BCUT2D eigenvalue weighted by atomic mass is 127. The molecule has 5 rings (SSSR count). The minimum atomic E-state index is -0.720. The minimum absolute atomic E-state index is 0.0229. The summed E-state index contributed by atoms with van der Waals surface area (Å²) in [4.78, 5) is 51.1. The van der Waals surface area contributed by atoms with Crippen molar-refractivity contribution in [2.75, 3.05) is 13.2 Å². The lowest BCUT2D eigenvalue weighted by atomic mass is 9.91. The lowest BCUT2D eigenvalue weighted by molar-refractivity contribution is -0.209. The average molecular weight is 739 g/mol. The molecular weight excluding hydrogens is 695 g/mol. The Morgan fingerprint density at radius 3 is 2.38 bits per heavy atom. The van der Waals surface area contributed by atoms with Crippen molar-refractivity contribution in [2.24, 2.45) is 11.8 Å². The van der Waals surface area contributed by atoms with Crippen LogP contribution in [0.3, 0.4) is 0 Å². The average Bonchev–Trinajstić information content (AvgIpc) is 3.91. The van der Waals surface area contributed by atoms with Gasteiger partial charge in [-0.1, -0.05) is 12.1 Å². The molecule has 4 aliphatic rings. The smallest absolute Gasteiger partial charge is 0.339 e. The maximum Gasteiger partial charge on any atom is 0.339 e. The molecule has 4 atom stereocenters. The van der Waals surface area contributed by atoms with Crippen molar-refractivity contribution >= 4 is 46.3 Å². The number of aliphatic hydroxyl groups is 1. The first-order chi connectivity index (χ1) is 21.4. The van der Waals surface area contributed by atoms with Crippen LogP contribution in [-0.4, -0.2) is 77.8 Å². The number of fused-ring (bicyclic) bond motifs is 1. The van der Waals surface area contributed by atoms with E-state index in [2.05, 4.69) is 33.2 Å². The van der Waals surface area contributed by atoms with Gasteiger partial charge in [0, 0.05) is 46.8 Å². The molecule has 3 N–H and O–H groups in total. The number of nitrogens with one attached hydrogen (secondary N) is 2. The fraction of sp³-hybridized carbons (Fsp3) is 0.636. The highest BCUT2D eigenvalue weighted by molar-refractivity contribution is 14.1. The van der Waals surface area contributed by atoms with Gasteiger partial charge >= 0.3 is 11.9 Å². The van der Waals surface area contributed by atoms with Crippen LogP contribution in [0, 0.1) is 15.4 Å². The standard InChI is InChI=1S/C33H43IN2O9/c1-32(2,3)44-28(39)13-12-22(18-37)36-27(38)14-15-35-30(40)19-16-25(42-31(41)23-6-4-5-7-24(23)34)29-26(17-19)43-33(45-29,20-8-9-20)21-10-11-21/h4-7,17,20-22,25-26,29,37H,8-16,18H2,1-3H3,(H,35,40)(H,36,38)/t22-,25+,26+,29-/m0/s1. The van der Waals surface area contributed by atoms with Crippen LogP contribution in [0.25, 0.3) is 0 Å². The number of esters is 2. The van der Waals surface area contributed by atoms with Gasteiger partial charge in [0.25, 0.3) is 0 Å². The minimum Gasteiger partial charge on any atom is -0.460 e. The van der Waals surface area contributed by atoms with Gasteiger partial charge < -0.3 is 34.7 Å². The van der Waals surface area contributed by atoms with E-state index in [1.54, 1.807) is 39.0 Å². The number of amides is 2. The molecule has 1 heterocycles. The number of halogens is 1. The lowest BCUT2D eigenvalue weighted by Crippen LogP contribution is -2.44. The first-order valence-corrected chi connectivity index (χ1v) is 16.9. The molecule has 0 radical (unpaired) electrons. The van der Waals surface area contributed by atoms with Gasteiger partial charge in [-0.3, -0.25) is 14.4 Å². The Labute approximate surface area is 277 Å². The van der Waals surface area contributed by atoms with Crippen molar-refractivity contribution in [3.8, 4) is 0 Å². The summed E-state index contributed by atoms with van der Waals surface area (Å²) in [6.45, 7) is 5.04. The van der Waals surface area contributed by atoms with E-state index in [0.29, 0.717) is 23.0 Å². The second-order valence-corrected chi connectivity index (χ2v) is 14.5. The van der Waals surface area contributed by atoms with E-state index >= 15 is 0 Å². The molecule has 1 aromatic carbocycles. The van der Waals surface area contributed by atoms with Crippen molar-refractivity contribution in [3.05, 3.63) is 45.0 Å². The highest BCUT2D eigenvalue weighted by Crippen LogP contribution is 2.59. The van der Waals surface area contributed by atoms with Crippen LogP contribution < -0.4 is 10.6 Å². The van der Waals surface area contributed by atoms with Gasteiger partial charge in [-0.25, -0.2) is 4.79 Å². The molecule has 0 spiro atoms. The van der Waals surface area contributed by atoms with Crippen LogP contribution in [0.1, 0.15) is 82.5 Å². The summed E-state index contributed by atoms with van der Waals surface area (Å²) < 4.78 is 25.3. The molecule has 3 aliphatic carbocycles. The van der Waals surface area contributed by atoms with Gasteiger partial charge in [-0.2, -0.15) is 0 Å². The van der Waals surface area contributed by atoms with Crippen molar-refractivity contribution in [3.63, 3.8) is 0 Å². The van der Waals surface area contributed by atoms with E-state index in [-0.39, 0.29) is 50.6 Å². The second kappa shape index (κ2) is 14.1. The van der Waals surface area contributed by atoms with E-state index in [9.17, 15) is 24.3 Å². The molecule has 3 fully saturated rings. The molecule has 2 amide bonds. The van der Waals surface area contributed by atoms with Crippen LogP contribution in [-0.2, 0) is 33.3 Å². The zero-order chi connectivity index (χ0) is 32.4.